The van der Waals surface area contributed by atoms with Crippen molar-refractivity contribution in [3.63, 3.8) is 0 Å². The summed E-state index contributed by atoms with van der Waals surface area (Å²) in [5.74, 6) is 0.305. The second-order valence-corrected chi connectivity index (χ2v) is 4.88. The summed E-state index contributed by atoms with van der Waals surface area (Å²) in [5, 5.41) is 3.44. The minimum absolute atomic E-state index is 0.184. The van der Waals surface area contributed by atoms with E-state index >= 15 is 0 Å². The SMILES string of the molecule is CC(C)NCC1CNNC1c1ccc(F)cc1. The molecule has 2 rings (SSSR count). The molecule has 1 aliphatic heterocycles. The minimum Gasteiger partial charge on any atom is -0.314 e. The van der Waals surface area contributed by atoms with Crippen LogP contribution in [0.3, 0.4) is 0 Å². The second-order valence-electron chi connectivity index (χ2n) is 4.88. The predicted octanol–water partition coefficient (Wildman–Crippen LogP) is 1.59. The van der Waals surface area contributed by atoms with Crippen LogP contribution in [0.25, 0.3) is 0 Å². The number of hydrogen-bond acceptors (Lipinski definition) is 3. The zero-order chi connectivity index (χ0) is 12.3. The van der Waals surface area contributed by atoms with Gasteiger partial charge in [0.15, 0.2) is 0 Å². The highest BCUT2D eigenvalue weighted by Crippen LogP contribution is 2.24. The van der Waals surface area contributed by atoms with E-state index in [4.69, 9.17) is 0 Å². The van der Waals surface area contributed by atoms with Crippen molar-refractivity contribution in [2.24, 2.45) is 5.92 Å². The molecule has 3 N–H and O–H groups in total. The van der Waals surface area contributed by atoms with Crippen LogP contribution in [0.4, 0.5) is 4.39 Å². The van der Waals surface area contributed by atoms with Gasteiger partial charge in [0.1, 0.15) is 5.82 Å². The molecule has 0 spiro atoms. The molecule has 4 heteroatoms. The van der Waals surface area contributed by atoms with Crippen LogP contribution in [0.5, 0.6) is 0 Å². The maximum atomic E-state index is 12.9. The fourth-order valence-corrected chi connectivity index (χ4v) is 2.14. The largest absolute Gasteiger partial charge is 0.314 e. The van der Waals surface area contributed by atoms with Gasteiger partial charge in [0.05, 0.1) is 6.04 Å². The van der Waals surface area contributed by atoms with Gasteiger partial charge in [-0.2, -0.15) is 0 Å². The normalized spacial score (nSPS) is 24.5. The molecule has 1 aliphatic rings. The van der Waals surface area contributed by atoms with E-state index in [2.05, 4.69) is 30.0 Å². The van der Waals surface area contributed by atoms with Crippen molar-refractivity contribution in [2.75, 3.05) is 13.1 Å². The number of hydrogen-bond donors (Lipinski definition) is 3. The Morgan fingerprint density at radius 2 is 2.06 bits per heavy atom. The average molecular weight is 237 g/mol. The van der Waals surface area contributed by atoms with Gasteiger partial charge in [-0.05, 0) is 17.7 Å². The van der Waals surface area contributed by atoms with Crippen LogP contribution in [-0.4, -0.2) is 19.1 Å². The molecule has 0 radical (unpaired) electrons. The third-order valence-electron chi connectivity index (χ3n) is 3.11. The second kappa shape index (κ2) is 5.58. The number of benzene rings is 1. The lowest BCUT2D eigenvalue weighted by molar-refractivity contribution is 0.423. The topological polar surface area (TPSA) is 36.1 Å². The zero-order valence-corrected chi connectivity index (χ0v) is 10.3. The molecule has 3 nitrogen and oxygen atoms in total. The van der Waals surface area contributed by atoms with E-state index in [0.717, 1.165) is 18.7 Å². The van der Waals surface area contributed by atoms with Crippen LogP contribution in [0.15, 0.2) is 24.3 Å². The summed E-state index contributed by atoms with van der Waals surface area (Å²) in [6.45, 7) is 6.17. The van der Waals surface area contributed by atoms with Crippen molar-refractivity contribution in [3.05, 3.63) is 35.6 Å². The Kier molecular flexibility index (Phi) is 4.10. The van der Waals surface area contributed by atoms with Crippen LogP contribution in [0, 0.1) is 11.7 Å². The molecule has 1 saturated heterocycles. The molecule has 0 bridgehead atoms. The lowest BCUT2D eigenvalue weighted by Crippen LogP contribution is -2.32. The van der Waals surface area contributed by atoms with Crippen molar-refractivity contribution in [1.29, 1.82) is 0 Å². The Labute approximate surface area is 102 Å². The van der Waals surface area contributed by atoms with E-state index in [1.165, 1.54) is 12.1 Å². The molecule has 17 heavy (non-hydrogen) atoms. The Morgan fingerprint density at radius 3 is 2.71 bits per heavy atom. The highest BCUT2D eigenvalue weighted by Gasteiger charge is 2.27. The van der Waals surface area contributed by atoms with Crippen LogP contribution >= 0.6 is 0 Å². The molecular weight excluding hydrogens is 217 g/mol. The Hall–Kier alpha value is -0.970. The van der Waals surface area contributed by atoms with Gasteiger partial charge in [-0.15, -0.1) is 0 Å². The van der Waals surface area contributed by atoms with E-state index in [1.54, 1.807) is 0 Å². The van der Waals surface area contributed by atoms with Gasteiger partial charge in [0.25, 0.3) is 0 Å². The fraction of sp³-hybridized carbons (Fsp3) is 0.538. The summed E-state index contributed by atoms with van der Waals surface area (Å²) in [5.41, 5.74) is 7.56. The van der Waals surface area contributed by atoms with Gasteiger partial charge in [-0.25, -0.2) is 9.82 Å². The molecule has 94 valence electrons. The van der Waals surface area contributed by atoms with Crippen molar-refractivity contribution < 1.29 is 4.39 Å². The number of rotatable bonds is 4. The monoisotopic (exact) mass is 237 g/mol. The first-order chi connectivity index (χ1) is 8.16. The third-order valence-corrected chi connectivity index (χ3v) is 3.11. The molecule has 2 atom stereocenters. The van der Waals surface area contributed by atoms with Gasteiger partial charge in [0, 0.05) is 25.0 Å². The van der Waals surface area contributed by atoms with Crippen molar-refractivity contribution >= 4 is 0 Å². The third kappa shape index (κ3) is 3.25. The van der Waals surface area contributed by atoms with Gasteiger partial charge >= 0.3 is 0 Å². The first-order valence-electron chi connectivity index (χ1n) is 6.14. The highest BCUT2D eigenvalue weighted by atomic mass is 19.1. The summed E-state index contributed by atoms with van der Waals surface area (Å²) >= 11 is 0. The molecule has 0 saturated carbocycles. The maximum absolute atomic E-state index is 12.9. The molecule has 2 unspecified atom stereocenters. The van der Waals surface area contributed by atoms with E-state index in [9.17, 15) is 4.39 Å². The number of halogens is 1. The summed E-state index contributed by atoms with van der Waals surface area (Å²) in [6, 6.07) is 7.47. The van der Waals surface area contributed by atoms with Gasteiger partial charge in [0.2, 0.25) is 0 Å². The van der Waals surface area contributed by atoms with E-state index in [0.29, 0.717) is 12.0 Å². The Balaban J connectivity index is 2.01. The van der Waals surface area contributed by atoms with Gasteiger partial charge in [-0.1, -0.05) is 26.0 Å². The van der Waals surface area contributed by atoms with Crippen molar-refractivity contribution in [1.82, 2.24) is 16.2 Å². The first kappa shape index (κ1) is 12.5. The summed E-state index contributed by atoms with van der Waals surface area (Å²) in [6.07, 6.45) is 0. The molecule has 1 fully saturated rings. The molecule has 0 amide bonds. The quantitative estimate of drug-likeness (QED) is 0.744. The van der Waals surface area contributed by atoms with E-state index < -0.39 is 0 Å². The fourth-order valence-electron chi connectivity index (χ4n) is 2.14. The van der Waals surface area contributed by atoms with Crippen LogP contribution < -0.4 is 16.2 Å². The molecule has 0 aromatic heterocycles. The summed E-state index contributed by atoms with van der Waals surface area (Å²) < 4.78 is 12.9. The lowest BCUT2D eigenvalue weighted by Gasteiger charge is -2.20. The molecule has 0 aliphatic carbocycles. The average Bonchev–Trinajstić information content (AvgIpc) is 2.75. The zero-order valence-electron chi connectivity index (χ0n) is 10.3. The van der Waals surface area contributed by atoms with Gasteiger partial charge < -0.3 is 5.32 Å². The molecule has 1 aromatic carbocycles. The Bertz CT molecular complexity index is 350. The van der Waals surface area contributed by atoms with E-state index in [1.807, 2.05) is 12.1 Å². The van der Waals surface area contributed by atoms with Crippen LogP contribution in [-0.2, 0) is 0 Å². The van der Waals surface area contributed by atoms with Crippen molar-refractivity contribution in [2.45, 2.75) is 25.9 Å². The highest BCUT2D eigenvalue weighted by molar-refractivity contribution is 5.21. The van der Waals surface area contributed by atoms with Crippen LogP contribution in [0.2, 0.25) is 0 Å². The lowest BCUT2D eigenvalue weighted by atomic mass is 9.95. The maximum Gasteiger partial charge on any atom is 0.123 e. The standard InChI is InChI=1S/C13H20FN3/c1-9(2)15-7-11-8-16-17-13(11)10-3-5-12(14)6-4-10/h3-6,9,11,13,15-17H,7-8H2,1-2H3. The molecule has 1 heterocycles. The molecular formula is C13H20FN3. The van der Waals surface area contributed by atoms with Crippen molar-refractivity contribution in [3.8, 4) is 0 Å². The summed E-state index contributed by atoms with van der Waals surface area (Å²) in [4.78, 5) is 0. The minimum atomic E-state index is -0.184. The number of nitrogens with one attached hydrogen (secondary N) is 3. The Morgan fingerprint density at radius 1 is 1.35 bits per heavy atom. The first-order valence-corrected chi connectivity index (χ1v) is 6.14. The predicted molar refractivity (Wildman–Crippen MR) is 66.9 cm³/mol. The van der Waals surface area contributed by atoms with E-state index in [-0.39, 0.29) is 11.9 Å². The van der Waals surface area contributed by atoms with Gasteiger partial charge in [-0.3, -0.25) is 5.43 Å². The smallest absolute Gasteiger partial charge is 0.123 e. The molecule has 1 aromatic rings. The summed E-state index contributed by atoms with van der Waals surface area (Å²) in [7, 11) is 0. The van der Waals surface area contributed by atoms with Crippen LogP contribution in [0.1, 0.15) is 25.5 Å². The number of hydrazine groups is 1.